The van der Waals surface area contributed by atoms with Crippen LogP contribution < -0.4 is 10.6 Å². The Bertz CT molecular complexity index is 887. The Labute approximate surface area is 156 Å². The Balaban J connectivity index is 1.63. The van der Waals surface area contributed by atoms with Gasteiger partial charge in [-0.3, -0.25) is 9.79 Å². The number of nitrogens with zero attached hydrogens (tertiary/aromatic N) is 2. The van der Waals surface area contributed by atoms with Crippen LogP contribution in [0.3, 0.4) is 0 Å². The van der Waals surface area contributed by atoms with Crippen molar-refractivity contribution in [2.75, 3.05) is 17.3 Å². The van der Waals surface area contributed by atoms with Gasteiger partial charge in [-0.05, 0) is 35.9 Å². The zero-order chi connectivity index (χ0) is 18.2. The molecule has 6 heteroatoms. The Kier molecular flexibility index (Phi) is 5.90. The van der Waals surface area contributed by atoms with Gasteiger partial charge in [0.1, 0.15) is 12.4 Å². The van der Waals surface area contributed by atoms with Gasteiger partial charge in [-0.1, -0.05) is 36.9 Å². The maximum Gasteiger partial charge on any atom is 0.275 e. The van der Waals surface area contributed by atoms with Gasteiger partial charge in [-0.2, -0.15) is 0 Å². The van der Waals surface area contributed by atoms with Crippen LogP contribution in [0.5, 0.6) is 0 Å². The summed E-state index contributed by atoms with van der Waals surface area (Å²) in [5.74, 6) is -0.219. The summed E-state index contributed by atoms with van der Waals surface area (Å²) in [6.07, 6.45) is 1.72. The molecule has 0 spiro atoms. The molecule has 1 amide bonds. The molecule has 0 saturated heterocycles. The third kappa shape index (κ3) is 4.64. The minimum Gasteiger partial charge on any atom is -0.366 e. The van der Waals surface area contributed by atoms with E-state index in [0.29, 0.717) is 18.1 Å². The molecule has 2 N–H and O–H groups in total. The van der Waals surface area contributed by atoms with Crippen molar-refractivity contribution in [3.8, 4) is 0 Å². The first-order chi connectivity index (χ1) is 12.8. The molecule has 3 aromatic rings. The average molecular weight is 362 g/mol. The van der Waals surface area contributed by atoms with Gasteiger partial charge in [0.2, 0.25) is 0 Å². The molecular formula is C20H18N4OS. The number of thiazole rings is 1. The van der Waals surface area contributed by atoms with Crippen molar-refractivity contribution in [3.63, 3.8) is 0 Å². The van der Waals surface area contributed by atoms with Crippen molar-refractivity contribution in [1.82, 2.24) is 4.98 Å². The first-order valence-corrected chi connectivity index (χ1v) is 8.96. The fourth-order valence-electron chi connectivity index (χ4n) is 2.29. The normalized spacial score (nSPS) is 11.0. The van der Waals surface area contributed by atoms with Crippen LogP contribution in [0, 0.1) is 0 Å². The third-order valence-electron chi connectivity index (χ3n) is 3.60. The van der Waals surface area contributed by atoms with Gasteiger partial charge in [-0.15, -0.1) is 11.3 Å². The SMILES string of the molecule is C=CC(=NCNc1ccccc1)c1ccc(NC(=O)c2cscn2)cc1. The highest BCUT2D eigenvalue weighted by Gasteiger charge is 2.08. The Morgan fingerprint density at radius 3 is 2.54 bits per heavy atom. The van der Waals surface area contributed by atoms with Crippen molar-refractivity contribution in [2.24, 2.45) is 4.99 Å². The molecule has 0 aliphatic heterocycles. The van der Waals surface area contributed by atoms with Crippen molar-refractivity contribution < 1.29 is 4.79 Å². The van der Waals surface area contributed by atoms with Gasteiger partial charge in [-0.25, -0.2) is 4.98 Å². The van der Waals surface area contributed by atoms with Gasteiger partial charge < -0.3 is 10.6 Å². The lowest BCUT2D eigenvalue weighted by molar-refractivity contribution is 0.102. The van der Waals surface area contributed by atoms with E-state index in [1.807, 2.05) is 54.6 Å². The van der Waals surface area contributed by atoms with E-state index in [2.05, 4.69) is 27.2 Å². The lowest BCUT2D eigenvalue weighted by Gasteiger charge is -2.07. The standard InChI is InChI=1S/C20H18N4OS/c1-2-18(22-13-21-16-6-4-3-5-7-16)15-8-10-17(11-9-15)24-20(25)19-12-26-14-23-19/h2-12,14,21H,1,13H2,(H,24,25). The van der Waals surface area contributed by atoms with Crippen LogP contribution in [0.25, 0.3) is 0 Å². The van der Waals surface area contributed by atoms with E-state index in [0.717, 1.165) is 17.0 Å². The maximum atomic E-state index is 12.0. The van der Waals surface area contributed by atoms with Crippen LogP contribution in [-0.4, -0.2) is 23.3 Å². The minimum atomic E-state index is -0.219. The number of aliphatic imine (C=N–C) groups is 1. The number of hydrogen-bond donors (Lipinski definition) is 2. The number of benzene rings is 2. The molecule has 0 fully saturated rings. The first kappa shape index (κ1) is 17.6. The van der Waals surface area contributed by atoms with E-state index >= 15 is 0 Å². The fourth-order valence-corrected chi connectivity index (χ4v) is 2.82. The summed E-state index contributed by atoms with van der Waals surface area (Å²) < 4.78 is 0. The number of allylic oxidation sites excluding steroid dienone is 1. The summed E-state index contributed by atoms with van der Waals surface area (Å²) in [5, 5.41) is 7.77. The second kappa shape index (κ2) is 8.73. The van der Waals surface area contributed by atoms with Crippen molar-refractivity contribution in [2.45, 2.75) is 0 Å². The summed E-state index contributed by atoms with van der Waals surface area (Å²) in [6.45, 7) is 4.28. The number of aromatic nitrogens is 1. The van der Waals surface area contributed by atoms with Gasteiger partial charge >= 0.3 is 0 Å². The molecule has 0 radical (unpaired) electrons. The van der Waals surface area contributed by atoms with Gasteiger partial charge in [0.05, 0.1) is 11.2 Å². The van der Waals surface area contributed by atoms with E-state index in [4.69, 9.17) is 0 Å². The Hall–Kier alpha value is -3.25. The number of nitrogens with one attached hydrogen (secondary N) is 2. The summed E-state index contributed by atoms with van der Waals surface area (Å²) in [6, 6.07) is 17.4. The molecule has 1 heterocycles. The van der Waals surface area contributed by atoms with E-state index < -0.39 is 0 Å². The molecule has 0 saturated carbocycles. The molecule has 130 valence electrons. The van der Waals surface area contributed by atoms with Crippen molar-refractivity contribution in [3.05, 3.63) is 89.4 Å². The van der Waals surface area contributed by atoms with E-state index in [-0.39, 0.29) is 5.91 Å². The molecule has 0 aliphatic rings. The van der Waals surface area contributed by atoms with Crippen LogP contribution >= 0.6 is 11.3 Å². The molecule has 0 aliphatic carbocycles. The quantitative estimate of drug-likeness (QED) is 0.611. The molecule has 0 bridgehead atoms. The zero-order valence-electron chi connectivity index (χ0n) is 14.1. The van der Waals surface area contributed by atoms with Gasteiger partial charge in [0.15, 0.2) is 0 Å². The van der Waals surface area contributed by atoms with Crippen molar-refractivity contribution >= 4 is 34.3 Å². The molecule has 0 unspecified atom stereocenters. The maximum absolute atomic E-state index is 12.0. The second-order valence-electron chi connectivity index (χ2n) is 5.35. The van der Waals surface area contributed by atoms with E-state index in [1.54, 1.807) is 17.0 Å². The monoisotopic (exact) mass is 362 g/mol. The summed E-state index contributed by atoms with van der Waals surface area (Å²) in [7, 11) is 0. The largest absolute Gasteiger partial charge is 0.366 e. The molecule has 1 aromatic heterocycles. The summed E-state index contributed by atoms with van der Waals surface area (Å²) >= 11 is 1.39. The minimum absolute atomic E-state index is 0.219. The molecule has 26 heavy (non-hydrogen) atoms. The van der Waals surface area contributed by atoms with Crippen LogP contribution in [-0.2, 0) is 0 Å². The number of hydrogen-bond acceptors (Lipinski definition) is 5. The molecule has 0 atom stereocenters. The fraction of sp³-hybridized carbons (Fsp3) is 0.0500. The number of anilines is 2. The number of rotatable bonds is 7. The summed E-state index contributed by atoms with van der Waals surface area (Å²) in [4.78, 5) is 20.5. The predicted molar refractivity (Wildman–Crippen MR) is 108 cm³/mol. The lowest BCUT2D eigenvalue weighted by atomic mass is 10.1. The van der Waals surface area contributed by atoms with Crippen LogP contribution in [0.1, 0.15) is 16.1 Å². The zero-order valence-corrected chi connectivity index (χ0v) is 14.9. The van der Waals surface area contributed by atoms with Crippen LogP contribution in [0.4, 0.5) is 11.4 Å². The highest BCUT2D eigenvalue weighted by Crippen LogP contribution is 2.13. The molecule has 2 aromatic carbocycles. The number of amides is 1. The highest BCUT2D eigenvalue weighted by atomic mass is 32.1. The molecule has 3 rings (SSSR count). The first-order valence-electron chi connectivity index (χ1n) is 8.02. The van der Waals surface area contributed by atoms with Gasteiger partial charge in [0, 0.05) is 16.8 Å². The number of para-hydroxylation sites is 1. The van der Waals surface area contributed by atoms with Gasteiger partial charge in [0.25, 0.3) is 5.91 Å². The molecule has 5 nitrogen and oxygen atoms in total. The number of carbonyl (C=O) groups excluding carboxylic acids is 1. The smallest absolute Gasteiger partial charge is 0.275 e. The highest BCUT2D eigenvalue weighted by molar-refractivity contribution is 7.07. The van der Waals surface area contributed by atoms with Crippen molar-refractivity contribution in [1.29, 1.82) is 0 Å². The second-order valence-corrected chi connectivity index (χ2v) is 6.07. The summed E-state index contributed by atoms with van der Waals surface area (Å²) in [5.41, 5.74) is 5.48. The molecular weight excluding hydrogens is 344 g/mol. The van der Waals surface area contributed by atoms with Crippen LogP contribution in [0.2, 0.25) is 0 Å². The third-order valence-corrected chi connectivity index (χ3v) is 4.19. The lowest BCUT2D eigenvalue weighted by Crippen LogP contribution is -2.12. The van der Waals surface area contributed by atoms with E-state index in [1.165, 1.54) is 11.3 Å². The average Bonchev–Trinajstić information content (AvgIpc) is 3.22. The van der Waals surface area contributed by atoms with Crippen LogP contribution in [0.15, 0.2) is 83.1 Å². The van der Waals surface area contributed by atoms with E-state index in [9.17, 15) is 4.79 Å². The number of carbonyl (C=O) groups is 1. The Morgan fingerprint density at radius 1 is 1.12 bits per heavy atom. The topological polar surface area (TPSA) is 66.4 Å². The Morgan fingerprint density at radius 2 is 1.88 bits per heavy atom. The predicted octanol–water partition coefficient (Wildman–Crippen LogP) is 4.44.